The van der Waals surface area contributed by atoms with Crippen LogP contribution < -0.4 is 21.0 Å². The van der Waals surface area contributed by atoms with Crippen LogP contribution >= 0.6 is 0 Å². The first-order valence-electron chi connectivity index (χ1n) is 6.14. The van der Waals surface area contributed by atoms with Crippen LogP contribution in [0.25, 0.3) is 10.9 Å². The topological polar surface area (TPSA) is 147 Å². The van der Waals surface area contributed by atoms with Crippen LogP contribution in [0, 0.1) is 10.1 Å². The molecular weight excluding hydrogens is 330 g/mol. The van der Waals surface area contributed by atoms with Crippen molar-refractivity contribution in [3.05, 3.63) is 43.1 Å². The number of nitrogens with one attached hydrogen (secondary N) is 2. The van der Waals surface area contributed by atoms with Gasteiger partial charge in [0.05, 0.1) is 22.1 Å². The average molecular weight is 343 g/mol. The normalized spacial score (nSPS) is 11.4. The molecular formula is C11H13N5O6S. The van der Waals surface area contributed by atoms with Gasteiger partial charge in [0, 0.05) is 20.2 Å². The molecule has 11 nitrogen and oxygen atoms in total. The molecule has 2 rings (SSSR count). The summed E-state index contributed by atoms with van der Waals surface area (Å²) >= 11 is 0. The van der Waals surface area contributed by atoms with Gasteiger partial charge in [0.15, 0.2) is 0 Å². The number of sulfonamides is 1. The maximum Gasteiger partial charge on any atom is 0.348 e. The van der Waals surface area contributed by atoms with Gasteiger partial charge in [-0.3, -0.25) is 14.9 Å². The average Bonchev–Trinajstić information content (AvgIpc) is 2.41. The molecule has 0 atom stereocenters. The van der Waals surface area contributed by atoms with Crippen molar-refractivity contribution >= 4 is 32.3 Å². The zero-order chi connectivity index (χ0) is 17.5. The number of hydrogen-bond donors (Lipinski definition) is 2. The molecule has 0 aliphatic rings. The Labute approximate surface area is 129 Å². The molecule has 0 saturated carbocycles. The number of anilines is 1. The minimum atomic E-state index is -3.86. The summed E-state index contributed by atoms with van der Waals surface area (Å²) in [5, 5.41) is 11.0. The molecule has 0 saturated heterocycles. The number of aromatic amines is 1. The van der Waals surface area contributed by atoms with Crippen LogP contribution in [-0.4, -0.2) is 43.4 Å². The summed E-state index contributed by atoms with van der Waals surface area (Å²) in [5.74, 6) is 0. The third kappa shape index (κ3) is 3.15. The summed E-state index contributed by atoms with van der Waals surface area (Å²) in [6.07, 6.45) is 0.782. The molecule has 1 aromatic heterocycles. The Kier molecular flexibility index (Phi) is 3.86. The van der Waals surface area contributed by atoms with E-state index in [1.807, 2.05) is 0 Å². The Balaban J connectivity index is 2.90. The zero-order valence-electron chi connectivity index (χ0n) is 12.4. The number of nitro groups is 1. The summed E-state index contributed by atoms with van der Waals surface area (Å²) in [4.78, 5) is 40.1. The Hall–Kier alpha value is -2.89. The van der Waals surface area contributed by atoms with E-state index in [0.29, 0.717) is 4.68 Å². The van der Waals surface area contributed by atoms with Gasteiger partial charge in [0.25, 0.3) is 11.2 Å². The molecule has 1 heterocycles. The Morgan fingerprint density at radius 3 is 2.39 bits per heavy atom. The van der Waals surface area contributed by atoms with Gasteiger partial charge < -0.3 is 9.88 Å². The van der Waals surface area contributed by atoms with Gasteiger partial charge in [-0.15, -0.1) is 0 Å². The zero-order valence-corrected chi connectivity index (χ0v) is 13.2. The summed E-state index contributed by atoms with van der Waals surface area (Å²) in [6.45, 7) is 0. The second-order valence-corrected chi connectivity index (χ2v) is 6.70. The van der Waals surface area contributed by atoms with Crippen LogP contribution in [0.1, 0.15) is 0 Å². The van der Waals surface area contributed by atoms with E-state index in [1.165, 1.54) is 11.0 Å². The highest BCUT2D eigenvalue weighted by atomic mass is 32.2. The van der Waals surface area contributed by atoms with E-state index in [1.54, 1.807) is 18.9 Å². The largest absolute Gasteiger partial charge is 0.372 e. The lowest BCUT2D eigenvalue weighted by Crippen LogP contribution is -2.43. The SMILES string of the molecule is CN(C)c1cc2c(=O)n(NS(C)(=O)=O)c(=O)[nH]c2cc1[N+](=O)[O-]. The fourth-order valence-corrected chi connectivity index (χ4v) is 2.49. The van der Waals surface area contributed by atoms with Crippen molar-refractivity contribution in [2.75, 3.05) is 30.1 Å². The van der Waals surface area contributed by atoms with Crippen LogP contribution in [0.4, 0.5) is 11.4 Å². The summed E-state index contributed by atoms with van der Waals surface area (Å²) in [6, 6.07) is 2.27. The Bertz CT molecular complexity index is 1020. The third-order valence-electron chi connectivity index (χ3n) is 2.93. The van der Waals surface area contributed by atoms with Crippen LogP contribution in [0.15, 0.2) is 21.7 Å². The minimum Gasteiger partial charge on any atom is -0.372 e. The van der Waals surface area contributed by atoms with Crippen molar-refractivity contribution in [1.29, 1.82) is 0 Å². The molecule has 23 heavy (non-hydrogen) atoms. The Morgan fingerprint density at radius 1 is 1.30 bits per heavy atom. The van der Waals surface area contributed by atoms with Crippen LogP contribution in [-0.2, 0) is 10.0 Å². The molecule has 1 aromatic carbocycles. The number of aromatic nitrogens is 2. The first-order chi connectivity index (χ1) is 10.5. The summed E-state index contributed by atoms with van der Waals surface area (Å²) < 4.78 is 22.8. The number of nitrogens with zero attached hydrogens (tertiary/aromatic N) is 3. The molecule has 12 heteroatoms. The van der Waals surface area contributed by atoms with Gasteiger partial charge >= 0.3 is 5.69 Å². The van der Waals surface area contributed by atoms with Gasteiger partial charge in [-0.25, -0.2) is 18.0 Å². The van der Waals surface area contributed by atoms with E-state index < -0.39 is 26.2 Å². The number of rotatable bonds is 4. The molecule has 0 aliphatic heterocycles. The maximum atomic E-state index is 12.3. The van der Waals surface area contributed by atoms with Crippen molar-refractivity contribution < 1.29 is 13.3 Å². The van der Waals surface area contributed by atoms with E-state index >= 15 is 0 Å². The second kappa shape index (κ2) is 5.39. The number of nitro benzene ring substituents is 1. The molecule has 0 bridgehead atoms. The lowest BCUT2D eigenvalue weighted by Gasteiger charge is -2.14. The van der Waals surface area contributed by atoms with E-state index in [2.05, 4.69) is 4.98 Å². The lowest BCUT2D eigenvalue weighted by atomic mass is 10.2. The molecule has 0 spiro atoms. The van der Waals surface area contributed by atoms with Crippen molar-refractivity contribution in [2.45, 2.75) is 0 Å². The van der Waals surface area contributed by atoms with Crippen LogP contribution in [0.3, 0.4) is 0 Å². The van der Waals surface area contributed by atoms with Crippen molar-refractivity contribution in [3.63, 3.8) is 0 Å². The van der Waals surface area contributed by atoms with Crippen LogP contribution in [0.5, 0.6) is 0 Å². The summed E-state index contributed by atoms with van der Waals surface area (Å²) in [5.41, 5.74) is -2.22. The standard InChI is InChI=1S/C11H13N5O6S/c1-14(2)8-4-6-7(5-9(8)16(19)20)12-11(18)15(10(6)17)13-23(3,21)22/h4-5,13H,1-3H3,(H,12,18). The molecule has 0 amide bonds. The highest BCUT2D eigenvalue weighted by molar-refractivity contribution is 7.91. The summed E-state index contributed by atoms with van der Waals surface area (Å²) in [7, 11) is -0.767. The molecule has 2 aromatic rings. The highest BCUT2D eigenvalue weighted by Gasteiger charge is 2.20. The van der Waals surface area contributed by atoms with E-state index in [9.17, 15) is 28.1 Å². The van der Waals surface area contributed by atoms with E-state index in [4.69, 9.17) is 0 Å². The fourth-order valence-electron chi connectivity index (χ4n) is 1.99. The molecule has 124 valence electrons. The van der Waals surface area contributed by atoms with Gasteiger partial charge in [0.1, 0.15) is 5.69 Å². The van der Waals surface area contributed by atoms with Crippen molar-refractivity contribution in [3.8, 4) is 0 Å². The second-order valence-electron chi connectivity index (χ2n) is 4.97. The minimum absolute atomic E-state index is 0.0659. The van der Waals surface area contributed by atoms with Gasteiger partial charge in [0.2, 0.25) is 10.0 Å². The van der Waals surface area contributed by atoms with Gasteiger partial charge in [-0.05, 0) is 6.07 Å². The predicted octanol–water partition coefficient (Wildman–Crippen LogP) is -0.833. The van der Waals surface area contributed by atoms with Crippen LogP contribution in [0.2, 0.25) is 0 Å². The number of benzene rings is 1. The molecule has 0 unspecified atom stereocenters. The Morgan fingerprint density at radius 2 is 1.91 bits per heavy atom. The molecule has 0 fully saturated rings. The first kappa shape index (κ1) is 16.5. The quantitative estimate of drug-likeness (QED) is 0.543. The fraction of sp³-hybridized carbons (Fsp3) is 0.273. The van der Waals surface area contributed by atoms with Gasteiger partial charge in [-0.2, -0.15) is 4.68 Å². The van der Waals surface area contributed by atoms with Gasteiger partial charge in [-0.1, -0.05) is 0 Å². The monoisotopic (exact) mass is 343 g/mol. The first-order valence-corrected chi connectivity index (χ1v) is 8.03. The van der Waals surface area contributed by atoms with E-state index in [0.717, 1.165) is 12.3 Å². The highest BCUT2D eigenvalue weighted by Crippen LogP contribution is 2.29. The number of H-pyrrole nitrogens is 1. The molecule has 0 radical (unpaired) electrons. The third-order valence-corrected chi connectivity index (χ3v) is 3.44. The molecule has 2 N–H and O–H groups in total. The van der Waals surface area contributed by atoms with E-state index in [-0.39, 0.29) is 22.3 Å². The van der Waals surface area contributed by atoms with Crippen molar-refractivity contribution in [2.24, 2.45) is 0 Å². The maximum absolute atomic E-state index is 12.3. The number of fused-ring (bicyclic) bond motifs is 1. The number of hydrogen-bond acceptors (Lipinski definition) is 7. The molecule has 0 aliphatic carbocycles. The smallest absolute Gasteiger partial charge is 0.348 e. The predicted molar refractivity (Wildman–Crippen MR) is 84.0 cm³/mol. The lowest BCUT2D eigenvalue weighted by molar-refractivity contribution is -0.384. The van der Waals surface area contributed by atoms with Crippen molar-refractivity contribution in [1.82, 2.24) is 9.66 Å².